The van der Waals surface area contributed by atoms with Gasteiger partial charge in [-0.25, -0.2) is 14.2 Å². The molecule has 2 aromatic carbocycles. The zero-order chi connectivity index (χ0) is 17.9. The fourth-order valence-electron chi connectivity index (χ4n) is 2.79. The van der Waals surface area contributed by atoms with Gasteiger partial charge in [-0.1, -0.05) is 24.3 Å². The molecule has 5 nitrogen and oxygen atoms in total. The zero-order valence-corrected chi connectivity index (χ0v) is 13.7. The van der Waals surface area contributed by atoms with E-state index in [0.29, 0.717) is 5.69 Å². The Morgan fingerprint density at radius 3 is 2.58 bits per heavy atom. The van der Waals surface area contributed by atoms with Crippen LogP contribution in [-0.4, -0.2) is 16.0 Å². The fraction of sp³-hybridized carbons (Fsp3) is 0. The lowest BCUT2D eigenvalue weighted by Crippen LogP contribution is -2.20. The molecule has 6 heteroatoms. The van der Waals surface area contributed by atoms with Crippen LogP contribution in [-0.2, 0) is 0 Å². The number of aromatic nitrogens is 2. The molecule has 0 aliphatic rings. The Labute approximate surface area is 148 Å². The van der Waals surface area contributed by atoms with Crippen molar-refractivity contribution in [2.75, 3.05) is 10.6 Å². The van der Waals surface area contributed by atoms with Crippen LogP contribution in [0.2, 0.25) is 0 Å². The van der Waals surface area contributed by atoms with E-state index in [2.05, 4.69) is 20.6 Å². The Kier molecular flexibility index (Phi) is 4.07. The number of hydrogen-bond acceptors (Lipinski definition) is 2. The minimum absolute atomic E-state index is 0.133. The first-order chi connectivity index (χ1) is 12.7. The molecule has 0 spiro atoms. The van der Waals surface area contributed by atoms with Crippen molar-refractivity contribution >= 4 is 28.4 Å². The Hall–Kier alpha value is -3.67. The van der Waals surface area contributed by atoms with E-state index in [-0.39, 0.29) is 5.69 Å². The summed E-state index contributed by atoms with van der Waals surface area (Å²) in [6.45, 7) is 0. The van der Waals surface area contributed by atoms with Crippen molar-refractivity contribution in [1.29, 1.82) is 0 Å². The largest absolute Gasteiger partial charge is 0.346 e. The van der Waals surface area contributed by atoms with E-state index >= 15 is 0 Å². The number of aromatic amines is 1. The van der Waals surface area contributed by atoms with Crippen LogP contribution in [0.5, 0.6) is 0 Å². The summed E-state index contributed by atoms with van der Waals surface area (Å²) in [7, 11) is 0. The van der Waals surface area contributed by atoms with Crippen molar-refractivity contribution in [2.45, 2.75) is 0 Å². The van der Waals surface area contributed by atoms with Gasteiger partial charge in [0.2, 0.25) is 0 Å². The second-order valence-electron chi connectivity index (χ2n) is 5.73. The van der Waals surface area contributed by atoms with Gasteiger partial charge in [0.15, 0.2) is 0 Å². The molecule has 0 atom stereocenters. The molecule has 0 fully saturated rings. The van der Waals surface area contributed by atoms with E-state index in [1.165, 1.54) is 12.1 Å². The van der Waals surface area contributed by atoms with Crippen LogP contribution >= 0.6 is 0 Å². The van der Waals surface area contributed by atoms with Gasteiger partial charge in [-0.3, -0.25) is 0 Å². The minimum Gasteiger partial charge on any atom is -0.346 e. The molecule has 3 N–H and O–H groups in total. The molecule has 0 unspecified atom stereocenters. The number of benzene rings is 2. The number of nitrogens with one attached hydrogen (secondary N) is 3. The highest BCUT2D eigenvalue weighted by Gasteiger charge is 2.08. The molecule has 0 saturated carbocycles. The maximum Gasteiger partial charge on any atom is 0.323 e. The topological polar surface area (TPSA) is 69.8 Å². The van der Waals surface area contributed by atoms with Crippen molar-refractivity contribution in [1.82, 2.24) is 9.97 Å². The number of hydrogen-bond donors (Lipinski definition) is 3. The summed E-state index contributed by atoms with van der Waals surface area (Å²) in [6.07, 6.45) is 3.60. The molecule has 4 rings (SSSR count). The van der Waals surface area contributed by atoms with Crippen molar-refractivity contribution in [3.05, 3.63) is 78.9 Å². The van der Waals surface area contributed by atoms with Crippen LogP contribution in [0, 0.1) is 5.82 Å². The Balaban J connectivity index is 1.50. The molecular weight excluding hydrogens is 331 g/mol. The van der Waals surface area contributed by atoms with Gasteiger partial charge in [0.1, 0.15) is 11.5 Å². The number of amides is 2. The van der Waals surface area contributed by atoms with Crippen molar-refractivity contribution in [3.8, 4) is 11.1 Å². The monoisotopic (exact) mass is 346 g/mol. The number of carbonyl (C=O) groups is 1. The summed E-state index contributed by atoms with van der Waals surface area (Å²) in [4.78, 5) is 19.4. The Morgan fingerprint density at radius 1 is 0.962 bits per heavy atom. The third-order valence-electron chi connectivity index (χ3n) is 4.04. The summed E-state index contributed by atoms with van der Waals surface area (Å²) in [5.74, 6) is -0.480. The summed E-state index contributed by atoms with van der Waals surface area (Å²) in [5.41, 5.74) is 3.64. The molecular formula is C20H15FN4O. The number of rotatable bonds is 3. The molecule has 2 aromatic heterocycles. The number of para-hydroxylation sites is 1. The molecule has 2 heterocycles. The van der Waals surface area contributed by atoms with E-state index < -0.39 is 11.8 Å². The number of halogens is 1. The average Bonchev–Trinajstić information content (AvgIpc) is 3.13. The fourth-order valence-corrected chi connectivity index (χ4v) is 2.79. The quantitative estimate of drug-likeness (QED) is 0.488. The van der Waals surface area contributed by atoms with Gasteiger partial charge >= 0.3 is 6.03 Å². The zero-order valence-electron chi connectivity index (χ0n) is 13.7. The summed E-state index contributed by atoms with van der Waals surface area (Å²) < 4.78 is 13.6. The molecule has 0 radical (unpaired) electrons. The highest BCUT2D eigenvalue weighted by molar-refractivity contribution is 6.00. The smallest absolute Gasteiger partial charge is 0.323 e. The van der Waals surface area contributed by atoms with Gasteiger partial charge in [-0.05, 0) is 47.5 Å². The van der Waals surface area contributed by atoms with Gasteiger partial charge in [0.05, 0.1) is 5.69 Å². The third-order valence-corrected chi connectivity index (χ3v) is 4.04. The van der Waals surface area contributed by atoms with E-state index in [1.807, 2.05) is 30.5 Å². The first kappa shape index (κ1) is 15.8. The van der Waals surface area contributed by atoms with Crippen molar-refractivity contribution in [3.63, 3.8) is 0 Å². The summed E-state index contributed by atoms with van der Waals surface area (Å²) in [6, 6.07) is 16.9. The highest BCUT2D eigenvalue weighted by atomic mass is 19.1. The van der Waals surface area contributed by atoms with Crippen LogP contribution < -0.4 is 10.6 Å². The molecule has 26 heavy (non-hydrogen) atoms. The number of urea groups is 1. The number of fused-ring (bicyclic) bond motifs is 1. The first-order valence-electron chi connectivity index (χ1n) is 8.06. The number of carbonyl (C=O) groups excluding carboxylic acids is 1. The predicted octanol–water partition coefficient (Wildman–Crippen LogP) is 5.01. The second kappa shape index (κ2) is 6.68. The molecule has 0 aliphatic heterocycles. The van der Waals surface area contributed by atoms with Gasteiger partial charge < -0.3 is 15.6 Å². The number of H-pyrrole nitrogens is 1. The van der Waals surface area contributed by atoms with Crippen molar-refractivity contribution in [2.24, 2.45) is 0 Å². The van der Waals surface area contributed by atoms with Crippen molar-refractivity contribution < 1.29 is 9.18 Å². The minimum atomic E-state index is -0.500. The predicted molar refractivity (Wildman–Crippen MR) is 101 cm³/mol. The Morgan fingerprint density at radius 2 is 1.77 bits per heavy atom. The molecule has 128 valence electrons. The van der Waals surface area contributed by atoms with Crippen LogP contribution in [0.3, 0.4) is 0 Å². The number of anilines is 2. The second-order valence-corrected chi connectivity index (χ2v) is 5.73. The van der Waals surface area contributed by atoms with E-state index in [4.69, 9.17) is 0 Å². The lowest BCUT2D eigenvalue weighted by molar-refractivity contribution is 0.262. The van der Waals surface area contributed by atoms with Crippen LogP contribution in [0.15, 0.2) is 73.1 Å². The SMILES string of the molecule is O=C(Nc1ccc(-c2ccnc3[nH]ccc23)cc1)Nc1ccccc1F. The van der Waals surface area contributed by atoms with Gasteiger partial charge in [-0.2, -0.15) is 0 Å². The average molecular weight is 346 g/mol. The maximum absolute atomic E-state index is 13.6. The van der Waals surface area contributed by atoms with Crippen LogP contribution in [0.25, 0.3) is 22.2 Å². The van der Waals surface area contributed by atoms with Crippen LogP contribution in [0.4, 0.5) is 20.6 Å². The molecule has 4 aromatic rings. The van der Waals surface area contributed by atoms with E-state index in [1.54, 1.807) is 30.5 Å². The first-order valence-corrected chi connectivity index (χ1v) is 8.06. The lowest BCUT2D eigenvalue weighted by Gasteiger charge is -2.09. The van der Waals surface area contributed by atoms with Crippen LogP contribution in [0.1, 0.15) is 0 Å². The summed E-state index contributed by atoms with van der Waals surface area (Å²) in [5, 5.41) is 6.21. The maximum atomic E-state index is 13.6. The van der Waals surface area contributed by atoms with Gasteiger partial charge in [0, 0.05) is 23.5 Å². The molecule has 0 bridgehead atoms. The molecule has 0 saturated heterocycles. The van der Waals surface area contributed by atoms with E-state index in [9.17, 15) is 9.18 Å². The third kappa shape index (κ3) is 3.12. The number of pyridine rings is 1. The standard InChI is InChI=1S/C20H15FN4O/c21-17-3-1-2-4-18(17)25-20(26)24-14-7-5-13(6-8-14)15-9-11-22-19-16(15)10-12-23-19/h1-12H,(H,22,23)(H2,24,25,26). The normalized spacial score (nSPS) is 10.7. The summed E-state index contributed by atoms with van der Waals surface area (Å²) >= 11 is 0. The highest BCUT2D eigenvalue weighted by Crippen LogP contribution is 2.27. The Bertz CT molecular complexity index is 1070. The number of nitrogens with zero attached hydrogens (tertiary/aromatic N) is 1. The van der Waals surface area contributed by atoms with E-state index in [0.717, 1.165) is 22.2 Å². The van der Waals surface area contributed by atoms with Gasteiger partial charge in [0.25, 0.3) is 0 Å². The molecule has 0 aliphatic carbocycles. The molecule has 2 amide bonds. The van der Waals surface area contributed by atoms with Gasteiger partial charge in [-0.15, -0.1) is 0 Å². The lowest BCUT2D eigenvalue weighted by atomic mass is 10.0.